The summed E-state index contributed by atoms with van der Waals surface area (Å²) in [6, 6.07) is 6.26. The number of carbonyl (C=O) groups excluding carboxylic acids is 1. The summed E-state index contributed by atoms with van der Waals surface area (Å²) in [6.07, 6.45) is 5.54. The van der Waals surface area contributed by atoms with Crippen LogP contribution in [0, 0.1) is 5.82 Å². The molecule has 1 aliphatic rings. The number of rotatable bonds is 5. The molecule has 0 spiro atoms. The second kappa shape index (κ2) is 7.69. The zero-order valence-electron chi connectivity index (χ0n) is 12.3. The molecule has 1 fully saturated rings. The van der Waals surface area contributed by atoms with E-state index in [0.29, 0.717) is 5.56 Å². The van der Waals surface area contributed by atoms with Crippen LogP contribution in [-0.2, 0) is 21.3 Å². The first-order valence-electron chi connectivity index (χ1n) is 7.48. The van der Waals surface area contributed by atoms with Gasteiger partial charge in [-0.25, -0.2) is 4.39 Å². The minimum atomic E-state index is -1.34. The van der Waals surface area contributed by atoms with E-state index in [2.05, 4.69) is 5.32 Å². The molecule has 1 aromatic carbocycles. The Morgan fingerprint density at radius 2 is 2.10 bits per heavy atom. The fourth-order valence-corrected chi connectivity index (χ4v) is 3.67. The molecule has 0 saturated heterocycles. The summed E-state index contributed by atoms with van der Waals surface area (Å²) in [5.41, 5.74) is 0.658. The Morgan fingerprint density at radius 3 is 2.76 bits per heavy atom. The highest BCUT2D eigenvalue weighted by atomic mass is 32.2. The average Bonchev–Trinajstić information content (AvgIpc) is 2.47. The third-order valence-corrected chi connectivity index (χ3v) is 5.53. The van der Waals surface area contributed by atoms with E-state index in [4.69, 9.17) is 0 Å². The Balaban J connectivity index is 1.87. The Hall–Kier alpha value is -1.23. The van der Waals surface area contributed by atoms with Gasteiger partial charge in [0.2, 0.25) is 5.91 Å². The summed E-state index contributed by atoms with van der Waals surface area (Å²) in [4.78, 5) is 12.1. The molecule has 5 heteroatoms. The lowest BCUT2D eigenvalue weighted by atomic mass is 9.95. The van der Waals surface area contributed by atoms with Crippen molar-refractivity contribution in [1.82, 2.24) is 5.32 Å². The molecular weight excluding hydrogens is 289 g/mol. The van der Waals surface area contributed by atoms with Crippen LogP contribution >= 0.6 is 0 Å². The van der Waals surface area contributed by atoms with Crippen molar-refractivity contribution in [3.8, 4) is 0 Å². The van der Waals surface area contributed by atoms with Gasteiger partial charge < -0.3 is 5.32 Å². The minimum Gasteiger partial charge on any atom is -0.352 e. The molecule has 3 nitrogen and oxygen atoms in total. The molecular formula is C16H22FNO2S. The van der Waals surface area contributed by atoms with Crippen molar-refractivity contribution in [2.24, 2.45) is 0 Å². The van der Waals surface area contributed by atoms with E-state index in [-0.39, 0.29) is 23.5 Å². The molecule has 116 valence electrons. The molecule has 2 atom stereocenters. The van der Waals surface area contributed by atoms with Gasteiger partial charge in [0, 0.05) is 22.6 Å². The summed E-state index contributed by atoms with van der Waals surface area (Å²) in [5.74, 6) is -0.294. The number of nitrogens with one attached hydrogen (secondary N) is 1. The second-order valence-corrected chi connectivity index (χ2v) is 7.40. The predicted octanol–water partition coefficient (Wildman–Crippen LogP) is 2.91. The smallest absolute Gasteiger partial charge is 0.235 e. The van der Waals surface area contributed by atoms with E-state index in [0.717, 1.165) is 25.7 Å². The van der Waals surface area contributed by atoms with Gasteiger partial charge >= 0.3 is 0 Å². The van der Waals surface area contributed by atoms with Gasteiger partial charge in [0.15, 0.2) is 0 Å². The van der Waals surface area contributed by atoms with Gasteiger partial charge in [-0.05, 0) is 37.5 Å². The van der Waals surface area contributed by atoms with Crippen molar-refractivity contribution in [1.29, 1.82) is 0 Å². The lowest BCUT2D eigenvalue weighted by Crippen LogP contribution is -2.42. The zero-order valence-corrected chi connectivity index (χ0v) is 13.1. The molecule has 1 N–H and O–H groups in total. The molecule has 0 aliphatic heterocycles. The SMILES string of the molecule is C[C@@H](C(=O)NC1CCCCC1)[S@](=O)Cc1cccc(F)c1. The van der Waals surface area contributed by atoms with Crippen LogP contribution in [0.3, 0.4) is 0 Å². The van der Waals surface area contributed by atoms with Gasteiger partial charge in [-0.1, -0.05) is 31.4 Å². The van der Waals surface area contributed by atoms with Gasteiger partial charge in [-0.15, -0.1) is 0 Å². The third kappa shape index (κ3) is 4.92. The van der Waals surface area contributed by atoms with E-state index >= 15 is 0 Å². The number of halogens is 1. The number of carbonyl (C=O) groups is 1. The van der Waals surface area contributed by atoms with Crippen LogP contribution in [0.25, 0.3) is 0 Å². The molecule has 0 bridgehead atoms. The number of hydrogen-bond donors (Lipinski definition) is 1. The van der Waals surface area contributed by atoms with Crippen LogP contribution in [0.4, 0.5) is 4.39 Å². The fourth-order valence-electron chi connectivity index (χ4n) is 2.60. The molecule has 2 rings (SSSR count). The topological polar surface area (TPSA) is 46.2 Å². The van der Waals surface area contributed by atoms with Crippen molar-refractivity contribution in [2.45, 2.75) is 56.1 Å². The van der Waals surface area contributed by atoms with Gasteiger partial charge in [0.25, 0.3) is 0 Å². The monoisotopic (exact) mass is 311 g/mol. The van der Waals surface area contributed by atoms with Crippen LogP contribution in [0.2, 0.25) is 0 Å². The van der Waals surface area contributed by atoms with E-state index in [1.165, 1.54) is 18.6 Å². The van der Waals surface area contributed by atoms with E-state index in [1.807, 2.05) is 0 Å². The quantitative estimate of drug-likeness (QED) is 0.909. The summed E-state index contributed by atoms with van der Waals surface area (Å²) in [5, 5.41) is 2.42. The highest BCUT2D eigenvalue weighted by molar-refractivity contribution is 7.85. The fraction of sp³-hybridized carbons (Fsp3) is 0.562. The first-order chi connectivity index (χ1) is 10.1. The van der Waals surface area contributed by atoms with Crippen molar-refractivity contribution in [2.75, 3.05) is 0 Å². The first kappa shape index (κ1) is 16.1. The standard InChI is InChI=1S/C16H22FNO2S/c1-12(16(19)18-15-8-3-2-4-9-15)21(20)11-13-6-5-7-14(17)10-13/h5-7,10,12,15H,2-4,8-9,11H2,1H3,(H,18,19)/t12-,21+/m0/s1. The lowest BCUT2D eigenvalue weighted by molar-refractivity contribution is -0.121. The van der Waals surface area contributed by atoms with E-state index < -0.39 is 16.0 Å². The zero-order chi connectivity index (χ0) is 15.2. The largest absolute Gasteiger partial charge is 0.352 e. The summed E-state index contributed by atoms with van der Waals surface area (Å²) >= 11 is 0. The maximum absolute atomic E-state index is 13.1. The van der Waals surface area contributed by atoms with Gasteiger partial charge in [0.1, 0.15) is 11.1 Å². The molecule has 1 aromatic rings. The molecule has 1 aliphatic carbocycles. The van der Waals surface area contributed by atoms with E-state index in [1.54, 1.807) is 19.1 Å². The van der Waals surface area contributed by atoms with Crippen LogP contribution in [0.5, 0.6) is 0 Å². The van der Waals surface area contributed by atoms with Crippen molar-refractivity contribution < 1.29 is 13.4 Å². The van der Waals surface area contributed by atoms with Gasteiger partial charge in [-0.2, -0.15) is 0 Å². The maximum atomic E-state index is 13.1. The third-order valence-electron chi connectivity index (χ3n) is 3.91. The normalized spacial score (nSPS) is 19.0. The van der Waals surface area contributed by atoms with Crippen molar-refractivity contribution in [3.63, 3.8) is 0 Å². The molecule has 0 radical (unpaired) electrons. The molecule has 0 aromatic heterocycles. The van der Waals surface area contributed by atoms with Crippen LogP contribution in [0.15, 0.2) is 24.3 Å². The highest BCUT2D eigenvalue weighted by Gasteiger charge is 2.23. The van der Waals surface area contributed by atoms with Crippen molar-refractivity contribution >= 4 is 16.7 Å². The Labute approximate surface area is 127 Å². The van der Waals surface area contributed by atoms with E-state index in [9.17, 15) is 13.4 Å². The average molecular weight is 311 g/mol. The predicted molar refractivity (Wildman–Crippen MR) is 82.7 cm³/mol. The molecule has 1 saturated carbocycles. The lowest BCUT2D eigenvalue weighted by Gasteiger charge is -2.24. The Bertz CT molecular complexity index is 515. The molecule has 1 amide bonds. The Kier molecular flexibility index (Phi) is 5.91. The number of hydrogen-bond acceptors (Lipinski definition) is 2. The summed E-state index contributed by atoms with van der Waals surface area (Å²) < 4.78 is 25.3. The van der Waals surface area contributed by atoms with Crippen molar-refractivity contribution in [3.05, 3.63) is 35.6 Å². The Morgan fingerprint density at radius 1 is 1.38 bits per heavy atom. The maximum Gasteiger partial charge on any atom is 0.235 e. The number of benzene rings is 1. The summed E-state index contributed by atoms with van der Waals surface area (Å²) in [6.45, 7) is 1.67. The molecule has 21 heavy (non-hydrogen) atoms. The first-order valence-corrected chi connectivity index (χ1v) is 8.86. The van der Waals surface area contributed by atoms with Gasteiger partial charge in [0.05, 0.1) is 0 Å². The number of amides is 1. The van der Waals surface area contributed by atoms with Crippen LogP contribution in [-0.4, -0.2) is 21.4 Å². The second-order valence-electron chi connectivity index (χ2n) is 5.64. The highest BCUT2D eigenvalue weighted by Crippen LogP contribution is 2.18. The summed E-state index contributed by atoms with van der Waals surface area (Å²) in [7, 11) is -1.34. The molecule has 0 unspecified atom stereocenters. The van der Waals surface area contributed by atoms with Crippen LogP contribution < -0.4 is 5.32 Å². The molecule has 0 heterocycles. The van der Waals surface area contributed by atoms with Gasteiger partial charge in [-0.3, -0.25) is 9.00 Å². The minimum absolute atomic E-state index is 0.156. The van der Waals surface area contributed by atoms with Crippen LogP contribution in [0.1, 0.15) is 44.6 Å².